The molecule has 0 bridgehead atoms. The molecule has 0 aliphatic carbocycles. The number of nitrogens with one attached hydrogen (secondary N) is 1. The van der Waals surface area contributed by atoms with Crippen molar-refractivity contribution in [2.75, 3.05) is 25.5 Å². The number of anilines is 1. The Morgan fingerprint density at radius 1 is 1.04 bits per heavy atom. The van der Waals surface area contributed by atoms with Crippen molar-refractivity contribution >= 4 is 11.6 Å². The van der Waals surface area contributed by atoms with Crippen molar-refractivity contribution < 1.29 is 14.5 Å². The molecular weight excluding hydrogens is 338 g/mol. The monoisotopic (exact) mass is 364 g/mol. The molecule has 3 N–H and O–H groups in total. The van der Waals surface area contributed by atoms with Gasteiger partial charge in [0.1, 0.15) is 0 Å². The second-order valence-electron chi connectivity index (χ2n) is 6.68. The first-order valence-corrected chi connectivity index (χ1v) is 9.08. The van der Waals surface area contributed by atoms with Crippen LogP contribution in [0.2, 0.25) is 0 Å². The van der Waals surface area contributed by atoms with Crippen LogP contribution in [0, 0.1) is 0 Å². The summed E-state index contributed by atoms with van der Waals surface area (Å²) in [6, 6.07) is 22.0. The van der Waals surface area contributed by atoms with E-state index in [1.165, 1.54) is 0 Å². The Hall–Kier alpha value is -3.05. The zero-order valence-corrected chi connectivity index (χ0v) is 15.8. The highest BCUT2D eigenvalue weighted by atomic mass is 16.3. The smallest absolute Gasteiger partial charge is 0.275 e. The Kier molecular flexibility index (Phi) is 6.28. The Morgan fingerprint density at radius 2 is 1.78 bits per heavy atom. The number of quaternary nitrogens is 1. The summed E-state index contributed by atoms with van der Waals surface area (Å²) in [5.74, 6) is 0.840. The van der Waals surface area contributed by atoms with E-state index in [1.807, 2.05) is 74.0 Å². The minimum Gasteiger partial charge on any atom is -0.463 e. The molecule has 27 heavy (non-hydrogen) atoms. The van der Waals surface area contributed by atoms with Crippen LogP contribution in [-0.4, -0.2) is 26.5 Å². The van der Waals surface area contributed by atoms with Gasteiger partial charge in [-0.25, -0.2) is 0 Å². The number of furan rings is 1. The van der Waals surface area contributed by atoms with E-state index >= 15 is 0 Å². The highest BCUT2D eigenvalue weighted by Gasteiger charge is 2.21. The number of nitrogens with zero attached hydrogens (tertiary/aromatic N) is 1. The van der Waals surface area contributed by atoms with Crippen LogP contribution in [0.5, 0.6) is 0 Å². The fourth-order valence-electron chi connectivity index (χ4n) is 2.95. The van der Waals surface area contributed by atoms with Gasteiger partial charge in [0.15, 0.2) is 18.3 Å². The molecule has 0 aliphatic rings. The highest BCUT2D eigenvalue weighted by molar-refractivity contribution is 5.76. The number of carbonyl (C=O) groups excluding carboxylic acids is 1. The molecule has 5 nitrogen and oxygen atoms in total. The largest absolute Gasteiger partial charge is 0.463 e. The van der Waals surface area contributed by atoms with Crippen molar-refractivity contribution in [3.05, 3.63) is 89.9 Å². The first kappa shape index (κ1) is 18.7. The predicted molar refractivity (Wildman–Crippen MR) is 106 cm³/mol. The lowest BCUT2D eigenvalue weighted by Crippen LogP contribution is -2.87. The third-order valence-electron chi connectivity index (χ3n) is 4.49. The Labute approximate surface area is 160 Å². The van der Waals surface area contributed by atoms with Crippen LogP contribution in [0.1, 0.15) is 22.9 Å². The van der Waals surface area contributed by atoms with Gasteiger partial charge in [-0.05, 0) is 29.8 Å². The second kappa shape index (κ2) is 9.05. The number of hydrogen-bond donors (Lipinski definition) is 2. The average Bonchev–Trinajstić information content (AvgIpc) is 3.22. The second-order valence-corrected chi connectivity index (χ2v) is 6.68. The van der Waals surface area contributed by atoms with E-state index in [2.05, 4.69) is 22.3 Å². The lowest BCUT2D eigenvalue weighted by molar-refractivity contribution is -0.678. The summed E-state index contributed by atoms with van der Waals surface area (Å²) in [5, 5.41) is 4.98. The van der Waals surface area contributed by atoms with E-state index in [0.717, 1.165) is 22.6 Å². The fraction of sp³-hybridized carbons (Fsp3) is 0.227. The molecule has 3 aromatic rings. The summed E-state index contributed by atoms with van der Waals surface area (Å²) < 4.78 is 5.58. The molecule has 1 atom stereocenters. The van der Waals surface area contributed by atoms with Gasteiger partial charge in [-0.3, -0.25) is 4.79 Å². The summed E-state index contributed by atoms with van der Waals surface area (Å²) >= 11 is 0. The summed E-state index contributed by atoms with van der Waals surface area (Å²) in [6.07, 6.45) is 1.66. The molecule has 2 aromatic carbocycles. The van der Waals surface area contributed by atoms with Gasteiger partial charge in [0.25, 0.3) is 5.91 Å². The van der Waals surface area contributed by atoms with Gasteiger partial charge in [0.05, 0.1) is 6.26 Å². The van der Waals surface area contributed by atoms with E-state index in [-0.39, 0.29) is 11.9 Å². The molecule has 0 saturated carbocycles. The van der Waals surface area contributed by atoms with Crippen molar-refractivity contribution in [3.8, 4) is 0 Å². The van der Waals surface area contributed by atoms with E-state index in [1.54, 1.807) is 6.26 Å². The van der Waals surface area contributed by atoms with Crippen LogP contribution in [0.15, 0.2) is 77.4 Å². The molecule has 0 radical (unpaired) electrons. The SMILES string of the molecule is CN(C)c1ccc(CNC(=O)C[NH2+][C@@H](c2ccccc2)c2ccco2)cc1. The van der Waals surface area contributed by atoms with Gasteiger partial charge in [-0.2, -0.15) is 0 Å². The molecule has 3 rings (SSSR count). The third kappa shape index (κ3) is 5.21. The number of rotatable bonds is 8. The summed E-state index contributed by atoms with van der Waals surface area (Å²) in [4.78, 5) is 14.4. The topological polar surface area (TPSA) is 62.1 Å². The lowest BCUT2D eigenvalue weighted by atomic mass is 10.0. The van der Waals surface area contributed by atoms with Crippen molar-refractivity contribution in [3.63, 3.8) is 0 Å². The lowest BCUT2D eigenvalue weighted by Gasteiger charge is -2.14. The highest BCUT2D eigenvalue weighted by Crippen LogP contribution is 2.18. The minimum atomic E-state index is -0.0358. The Bertz CT molecular complexity index is 828. The van der Waals surface area contributed by atoms with Crippen LogP contribution in [-0.2, 0) is 11.3 Å². The first-order chi connectivity index (χ1) is 13.1. The maximum atomic E-state index is 12.3. The number of benzene rings is 2. The van der Waals surface area contributed by atoms with Gasteiger partial charge < -0.3 is 20.0 Å². The van der Waals surface area contributed by atoms with Gasteiger partial charge in [0, 0.05) is 31.9 Å². The molecule has 0 saturated heterocycles. The molecule has 5 heteroatoms. The van der Waals surface area contributed by atoms with E-state index in [9.17, 15) is 4.79 Å². The molecule has 1 aromatic heterocycles. The summed E-state index contributed by atoms with van der Waals surface area (Å²) in [5.41, 5.74) is 3.33. The van der Waals surface area contributed by atoms with Crippen LogP contribution in [0.25, 0.3) is 0 Å². The molecular formula is C22H26N3O2+. The van der Waals surface area contributed by atoms with E-state index in [4.69, 9.17) is 4.42 Å². The predicted octanol–water partition coefficient (Wildman–Crippen LogP) is 2.31. The Balaban J connectivity index is 1.55. The van der Waals surface area contributed by atoms with Crippen molar-refractivity contribution in [2.24, 2.45) is 0 Å². The molecule has 1 amide bonds. The summed E-state index contributed by atoms with van der Waals surface area (Å²) in [7, 11) is 4.02. The average molecular weight is 364 g/mol. The first-order valence-electron chi connectivity index (χ1n) is 9.08. The molecule has 0 aliphatic heterocycles. The van der Waals surface area contributed by atoms with Gasteiger partial charge in [-0.15, -0.1) is 0 Å². The molecule has 0 spiro atoms. The van der Waals surface area contributed by atoms with E-state index < -0.39 is 0 Å². The van der Waals surface area contributed by atoms with Gasteiger partial charge >= 0.3 is 0 Å². The van der Waals surface area contributed by atoms with Crippen molar-refractivity contribution in [1.29, 1.82) is 0 Å². The van der Waals surface area contributed by atoms with Gasteiger partial charge in [0.2, 0.25) is 0 Å². The number of hydrogen-bond acceptors (Lipinski definition) is 3. The molecule has 1 heterocycles. The number of amides is 1. The van der Waals surface area contributed by atoms with Crippen LogP contribution < -0.4 is 15.5 Å². The maximum absolute atomic E-state index is 12.3. The zero-order valence-electron chi connectivity index (χ0n) is 15.8. The zero-order chi connectivity index (χ0) is 19.1. The Morgan fingerprint density at radius 3 is 2.41 bits per heavy atom. The summed E-state index contributed by atoms with van der Waals surface area (Å²) in [6.45, 7) is 0.854. The van der Waals surface area contributed by atoms with Crippen molar-refractivity contribution in [1.82, 2.24) is 5.32 Å². The van der Waals surface area contributed by atoms with E-state index in [0.29, 0.717) is 13.1 Å². The van der Waals surface area contributed by atoms with Gasteiger partial charge in [-0.1, -0.05) is 42.5 Å². The molecule has 140 valence electrons. The molecule has 0 unspecified atom stereocenters. The number of carbonyl (C=O) groups is 1. The van der Waals surface area contributed by atoms with Crippen LogP contribution in [0.3, 0.4) is 0 Å². The number of nitrogens with two attached hydrogens (primary N) is 1. The minimum absolute atomic E-state index is 0.000765. The van der Waals surface area contributed by atoms with Crippen molar-refractivity contribution in [2.45, 2.75) is 12.6 Å². The third-order valence-corrected chi connectivity index (χ3v) is 4.49. The standard InChI is InChI=1S/C22H25N3O2/c1-25(2)19-12-10-17(11-13-19)15-23-21(26)16-24-22(20-9-6-14-27-20)18-7-4-3-5-8-18/h3-14,22,24H,15-16H2,1-2H3,(H,23,26)/p+1/t22-/m0/s1. The quantitative estimate of drug-likeness (QED) is 0.645. The fourth-order valence-corrected chi connectivity index (χ4v) is 2.95. The van der Waals surface area contributed by atoms with Crippen LogP contribution >= 0.6 is 0 Å². The maximum Gasteiger partial charge on any atom is 0.275 e. The normalized spacial score (nSPS) is 11.8. The molecule has 0 fully saturated rings. The van der Waals surface area contributed by atoms with Crippen LogP contribution in [0.4, 0.5) is 5.69 Å².